The van der Waals surface area contributed by atoms with E-state index in [-0.39, 0.29) is 6.03 Å². The molecule has 0 heterocycles. The average Bonchev–Trinajstić information content (AvgIpc) is 3.20. The SMILES string of the molecule is CN(Cc1cccc(C=CC(=O)O)c1)C(=O)NC1CC1. The number of nitrogens with zero attached hydrogens (tertiary/aromatic N) is 1. The summed E-state index contributed by atoms with van der Waals surface area (Å²) in [7, 11) is 1.75. The molecule has 1 saturated carbocycles. The van der Waals surface area contributed by atoms with E-state index in [2.05, 4.69) is 5.32 Å². The zero-order valence-electron chi connectivity index (χ0n) is 11.4. The summed E-state index contributed by atoms with van der Waals surface area (Å²) in [5.74, 6) is -0.976. The van der Waals surface area contributed by atoms with Gasteiger partial charge in [0.2, 0.25) is 0 Å². The topological polar surface area (TPSA) is 69.6 Å². The van der Waals surface area contributed by atoms with Crippen molar-refractivity contribution in [1.82, 2.24) is 10.2 Å². The Balaban J connectivity index is 1.95. The first-order valence-corrected chi connectivity index (χ1v) is 6.56. The quantitative estimate of drug-likeness (QED) is 0.808. The first-order valence-electron chi connectivity index (χ1n) is 6.56. The van der Waals surface area contributed by atoms with Crippen LogP contribution < -0.4 is 5.32 Å². The lowest BCUT2D eigenvalue weighted by Crippen LogP contribution is -2.37. The van der Waals surface area contributed by atoms with Gasteiger partial charge in [-0.05, 0) is 36.1 Å². The van der Waals surface area contributed by atoms with Gasteiger partial charge in [0.15, 0.2) is 0 Å². The fourth-order valence-electron chi connectivity index (χ4n) is 1.82. The highest BCUT2D eigenvalue weighted by Gasteiger charge is 2.24. The third kappa shape index (κ3) is 4.42. The van der Waals surface area contributed by atoms with Gasteiger partial charge in [0.1, 0.15) is 0 Å². The number of hydrogen-bond donors (Lipinski definition) is 2. The van der Waals surface area contributed by atoms with Gasteiger partial charge in [0.25, 0.3) is 0 Å². The molecule has 1 aromatic rings. The van der Waals surface area contributed by atoms with Gasteiger partial charge >= 0.3 is 12.0 Å². The summed E-state index contributed by atoms with van der Waals surface area (Å²) in [6, 6.07) is 7.74. The van der Waals surface area contributed by atoms with Gasteiger partial charge in [-0.15, -0.1) is 0 Å². The highest BCUT2D eigenvalue weighted by atomic mass is 16.4. The first-order chi connectivity index (χ1) is 9.54. The molecule has 20 heavy (non-hydrogen) atoms. The third-order valence-corrected chi connectivity index (χ3v) is 3.04. The Labute approximate surface area is 117 Å². The molecule has 5 heteroatoms. The second kappa shape index (κ2) is 6.23. The number of carboxylic acid groups (broad SMARTS) is 1. The number of benzene rings is 1. The van der Waals surface area contributed by atoms with Gasteiger partial charge in [0.05, 0.1) is 0 Å². The number of rotatable bonds is 5. The third-order valence-electron chi connectivity index (χ3n) is 3.04. The van der Waals surface area contributed by atoms with Crippen LogP contribution in [0.25, 0.3) is 6.08 Å². The second-order valence-electron chi connectivity index (χ2n) is 5.00. The van der Waals surface area contributed by atoms with E-state index in [1.807, 2.05) is 24.3 Å². The van der Waals surface area contributed by atoms with Crippen molar-refractivity contribution in [3.8, 4) is 0 Å². The Morgan fingerprint density at radius 2 is 2.20 bits per heavy atom. The number of carboxylic acids is 1. The fraction of sp³-hybridized carbons (Fsp3) is 0.333. The maximum Gasteiger partial charge on any atom is 0.328 e. The molecule has 0 aromatic heterocycles. The van der Waals surface area contributed by atoms with E-state index in [1.54, 1.807) is 11.9 Å². The Morgan fingerprint density at radius 1 is 1.45 bits per heavy atom. The van der Waals surface area contributed by atoms with E-state index in [0.29, 0.717) is 12.6 Å². The summed E-state index contributed by atoms with van der Waals surface area (Å²) in [6.45, 7) is 0.493. The molecular weight excluding hydrogens is 256 g/mol. The fourth-order valence-corrected chi connectivity index (χ4v) is 1.82. The lowest BCUT2D eigenvalue weighted by molar-refractivity contribution is -0.131. The number of nitrogens with one attached hydrogen (secondary N) is 1. The second-order valence-corrected chi connectivity index (χ2v) is 5.00. The van der Waals surface area contributed by atoms with Gasteiger partial charge in [-0.2, -0.15) is 0 Å². The van der Waals surface area contributed by atoms with Crippen molar-refractivity contribution in [3.63, 3.8) is 0 Å². The highest BCUT2D eigenvalue weighted by Crippen LogP contribution is 2.19. The lowest BCUT2D eigenvalue weighted by atomic mass is 10.1. The summed E-state index contributed by atoms with van der Waals surface area (Å²) in [5, 5.41) is 11.5. The molecule has 1 aliphatic carbocycles. The van der Waals surface area contributed by atoms with Gasteiger partial charge in [-0.25, -0.2) is 9.59 Å². The molecule has 1 fully saturated rings. The van der Waals surface area contributed by atoms with E-state index in [9.17, 15) is 9.59 Å². The van der Waals surface area contributed by atoms with E-state index < -0.39 is 5.97 Å². The van der Waals surface area contributed by atoms with Gasteiger partial charge in [0, 0.05) is 25.7 Å². The summed E-state index contributed by atoms with van der Waals surface area (Å²) in [4.78, 5) is 23.9. The number of urea groups is 1. The van der Waals surface area contributed by atoms with Gasteiger partial charge < -0.3 is 15.3 Å². The minimum Gasteiger partial charge on any atom is -0.478 e. The molecule has 0 atom stereocenters. The van der Waals surface area contributed by atoms with Gasteiger partial charge in [-0.1, -0.05) is 18.2 Å². The van der Waals surface area contributed by atoms with Crippen LogP contribution in [0.5, 0.6) is 0 Å². The number of carbonyl (C=O) groups is 2. The van der Waals surface area contributed by atoms with E-state index in [1.165, 1.54) is 6.08 Å². The molecule has 0 radical (unpaired) electrons. The van der Waals surface area contributed by atoms with Crippen molar-refractivity contribution in [2.75, 3.05) is 7.05 Å². The number of hydrogen-bond acceptors (Lipinski definition) is 2. The Kier molecular flexibility index (Phi) is 4.40. The largest absolute Gasteiger partial charge is 0.478 e. The molecule has 0 spiro atoms. The van der Waals surface area contributed by atoms with E-state index >= 15 is 0 Å². The summed E-state index contributed by atoms with van der Waals surface area (Å²) >= 11 is 0. The molecule has 0 bridgehead atoms. The lowest BCUT2D eigenvalue weighted by Gasteiger charge is -2.18. The highest BCUT2D eigenvalue weighted by molar-refractivity contribution is 5.85. The predicted molar refractivity (Wildman–Crippen MR) is 76.1 cm³/mol. The monoisotopic (exact) mass is 274 g/mol. The van der Waals surface area contributed by atoms with Crippen LogP contribution in [0.3, 0.4) is 0 Å². The number of aliphatic carboxylic acids is 1. The molecular formula is C15H18N2O3. The number of carbonyl (C=O) groups excluding carboxylic acids is 1. The van der Waals surface area contributed by atoms with Crippen LogP contribution in [0.4, 0.5) is 4.79 Å². The Bertz CT molecular complexity index is 536. The van der Waals surface area contributed by atoms with Crippen LogP contribution in [0.15, 0.2) is 30.3 Å². The van der Waals surface area contributed by atoms with E-state index in [0.717, 1.165) is 30.0 Å². The van der Waals surface area contributed by atoms with Crippen molar-refractivity contribution in [2.45, 2.75) is 25.4 Å². The van der Waals surface area contributed by atoms with Crippen LogP contribution >= 0.6 is 0 Å². The average molecular weight is 274 g/mol. The van der Waals surface area contributed by atoms with Crippen LogP contribution in [0.2, 0.25) is 0 Å². The standard InChI is InChI=1S/C15H18N2O3/c1-17(15(20)16-13-6-7-13)10-12-4-2-3-11(9-12)5-8-14(18)19/h2-5,8-9,13H,6-7,10H2,1H3,(H,16,20)(H,18,19). The van der Waals surface area contributed by atoms with E-state index in [4.69, 9.17) is 5.11 Å². The molecule has 2 N–H and O–H groups in total. The van der Waals surface area contributed by atoms with Gasteiger partial charge in [-0.3, -0.25) is 0 Å². The Morgan fingerprint density at radius 3 is 2.85 bits per heavy atom. The molecule has 0 saturated heterocycles. The predicted octanol–water partition coefficient (Wildman–Crippen LogP) is 2.09. The molecule has 0 aliphatic heterocycles. The normalized spacial score (nSPS) is 14.2. The molecule has 0 unspecified atom stereocenters. The van der Waals surface area contributed by atoms with Crippen molar-refractivity contribution in [1.29, 1.82) is 0 Å². The van der Waals surface area contributed by atoms with Crippen molar-refractivity contribution < 1.29 is 14.7 Å². The van der Waals surface area contributed by atoms with Crippen LogP contribution in [0, 0.1) is 0 Å². The molecule has 1 aromatic carbocycles. The summed E-state index contributed by atoms with van der Waals surface area (Å²) in [5.41, 5.74) is 1.77. The summed E-state index contributed by atoms with van der Waals surface area (Å²) in [6.07, 6.45) is 4.77. The zero-order valence-corrected chi connectivity index (χ0v) is 11.4. The minimum atomic E-state index is -0.976. The smallest absolute Gasteiger partial charge is 0.328 e. The maximum atomic E-state index is 11.8. The Hall–Kier alpha value is -2.30. The number of amides is 2. The van der Waals surface area contributed by atoms with Crippen LogP contribution in [-0.2, 0) is 11.3 Å². The summed E-state index contributed by atoms with van der Waals surface area (Å²) < 4.78 is 0. The molecule has 2 amide bonds. The zero-order chi connectivity index (χ0) is 14.5. The van der Waals surface area contributed by atoms with Crippen molar-refractivity contribution in [3.05, 3.63) is 41.5 Å². The minimum absolute atomic E-state index is 0.0704. The van der Waals surface area contributed by atoms with Crippen LogP contribution in [0.1, 0.15) is 24.0 Å². The molecule has 5 nitrogen and oxygen atoms in total. The molecule has 1 aliphatic rings. The van der Waals surface area contributed by atoms with Crippen molar-refractivity contribution in [2.24, 2.45) is 0 Å². The maximum absolute atomic E-state index is 11.8. The molecule has 2 rings (SSSR count). The molecule has 106 valence electrons. The first kappa shape index (κ1) is 14.1. The van der Waals surface area contributed by atoms with Crippen LogP contribution in [-0.4, -0.2) is 35.1 Å². The van der Waals surface area contributed by atoms with Crippen molar-refractivity contribution >= 4 is 18.1 Å².